The second-order valence-electron chi connectivity index (χ2n) is 7.49. The molecule has 0 bridgehead atoms. The summed E-state index contributed by atoms with van der Waals surface area (Å²) >= 11 is 0. The highest BCUT2D eigenvalue weighted by molar-refractivity contribution is 7.89. The number of amides is 1. The Balaban J connectivity index is 2.13. The molecule has 6 nitrogen and oxygen atoms in total. The van der Waals surface area contributed by atoms with E-state index in [0.717, 1.165) is 29.1 Å². The predicted octanol–water partition coefficient (Wildman–Crippen LogP) is 3.87. The van der Waals surface area contributed by atoms with E-state index in [2.05, 4.69) is 6.92 Å². The van der Waals surface area contributed by atoms with Crippen molar-refractivity contribution in [2.75, 3.05) is 20.1 Å². The van der Waals surface area contributed by atoms with Crippen molar-refractivity contribution in [2.45, 2.75) is 44.6 Å². The molecule has 2 aromatic rings. The lowest BCUT2D eigenvalue weighted by atomic mass is 10.2. The first-order valence-corrected chi connectivity index (χ1v) is 11.7. The Morgan fingerprint density at radius 2 is 1.58 bits per heavy atom. The number of Topliss-reactive ketones (excluding diaryl/α,β-unsaturated/α-hetero) is 1. The number of carbonyl (C=O) groups is 2. The highest BCUT2D eigenvalue weighted by Gasteiger charge is 2.25. The summed E-state index contributed by atoms with van der Waals surface area (Å²) in [6, 6.07) is 11.6. The number of benzene rings is 2. The number of unbranched alkanes of at least 4 members (excludes halogenated alkanes) is 2. The normalized spacial score (nSPS) is 11.5. The number of halogens is 1. The average Bonchev–Trinajstić information content (AvgIpc) is 2.74. The number of carbonyl (C=O) groups excluding carboxylic acids is 2. The SMILES string of the molecule is CCCCCN(Cc1ccc(F)cc1)C(=O)CN(C)S(=O)(=O)c1ccc(C(C)=O)cc1. The van der Waals surface area contributed by atoms with Crippen molar-refractivity contribution in [1.29, 1.82) is 0 Å². The van der Waals surface area contributed by atoms with Crippen LogP contribution in [0.15, 0.2) is 53.4 Å². The molecule has 0 atom stereocenters. The molecule has 0 aliphatic rings. The van der Waals surface area contributed by atoms with E-state index in [9.17, 15) is 22.4 Å². The number of ketones is 1. The predicted molar refractivity (Wildman–Crippen MR) is 118 cm³/mol. The fraction of sp³-hybridized carbons (Fsp3) is 0.391. The number of nitrogens with zero attached hydrogens (tertiary/aromatic N) is 2. The van der Waals surface area contributed by atoms with Crippen LogP contribution in [0.4, 0.5) is 4.39 Å². The molecular weight excluding hydrogens is 419 g/mol. The summed E-state index contributed by atoms with van der Waals surface area (Å²) in [7, 11) is -2.53. The smallest absolute Gasteiger partial charge is 0.243 e. The molecule has 2 aromatic carbocycles. The second kappa shape index (κ2) is 11.2. The van der Waals surface area contributed by atoms with Gasteiger partial charge in [-0.05, 0) is 43.2 Å². The zero-order chi connectivity index (χ0) is 23.0. The van der Waals surface area contributed by atoms with Crippen LogP contribution in [-0.4, -0.2) is 49.5 Å². The maximum absolute atomic E-state index is 13.2. The van der Waals surface area contributed by atoms with Crippen LogP contribution in [0.5, 0.6) is 0 Å². The Labute approximate surface area is 183 Å². The van der Waals surface area contributed by atoms with Gasteiger partial charge in [-0.2, -0.15) is 4.31 Å². The van der Waals surface area contributed by atoms with Gasteiger partial charge >= 0.3 is 0 Å². The molecule has 0 aliphatic carbocycles. The molecule has 1 amide bonds. The van der Waals surface area contributed by atoms with Crippen LogP contribution in [0.2, 0.25) is 0 Å². The van der Waals surface area contributed by atoms with Gasteiger partial charge in [0, 0.05) is 25.7 Å². The van der Waals surface area contributed by atoms with E-state index in [1.54, 1.807) is 17.0 Å². The lowest BCUT2D eigenvalue weighted by Crippen LogP contribution is -2.41. The Kier molecular flexibility index (Phi) is 8.88. The summed E-state index contributed by atoms with van der Waals surface area (Å²) in [6.45, 7) is 3.92. The molecule has 0 unspecified atom stereocenters. The van der Waals surface area contributed by atoms with Crippen LogP contribution in [0.3, 0.4) is 0 Å². The zero-order valence-corrected chi connectivity index (χ0v) is 19.0. The fourth-order valence-corrected chi connectivity index (χ4v) is 4.19. The van der Waals surface area contributed by atoms with Gasteiger partial charge < -0.3 is 4.90 Å². The maximum atomic E-state index is 13.2. The molecule has 0 aromatic heterocycles. The van der Waals surface area contributed by atoms with Gasteiger partial charge in [-0.25, -0.2) is 12.8 Å². The molecule has 0 aliphatic heterocycles. The van der Waals surface area contributed by atoms with E-state index in [1.165, 1.54) is 50.4 Å². The van der Waals surface area contributed by atoms with Crippen molar-refractivity contribution in [3.63, 3.8) is 0 Å². The average molecular weight is 449 g/mol. The van der Waals surface area contributed by atoms with Gasteiger partial charge in [-0.3, -0.25) is 9.59 Å². The molecule has 0 fully saturated rings. The molecule has 2 rings (SSSR count). The van der Waals surface area contributed by atoms with Gasteiger partial charge in [0.05, 0.1) is 11.4 Å². The van der Waals surface area contributed by atoms with Crippen LogP contribution < -0.4 is 0 Å². The number of hydrogen-bond acceptors (Lipinski definition) is 4. The van der Waals surface area contributed by atoms with E-state index < -0.39 is 10.0 Å². The molecule has 0 spiro atoms. The van der Waals surface area contributed by atoms with Gasteiger partial charge in [0.25, 0.3) is 0 Å². The van der Waals surface area contributed by atoms with E-state index in [4.69, 9.17) is 0 Å². The van der Waals surface area contributed by atoms with E-state index >= 15 is 0 Å². The highest BCUT2D eigenvalue weighted by atomic mass is 32.2. The van der Waals surface area contributed by atoms with Crippen LogP contribution >= 0.6 is 0 Å². The Hall–Kier alpha value is -2.58. The molecule has 0 saturated carbocycles. The van der Waals surface area contributed by atoms with E-state index in [-0.39, 0.29) is 35.5 Å². The standard InChI is InChI=1S/C23H29FN2O4S/c1-4-5-6-15-26(16-19-7-11-21(24)12-8-19)23(28)17-25(3)31(29,30)22-13-9-20(10-14-22)18(2)27/h7-14H,4-6,15-17H2,1-3H3. The Morgan fingerprint density at radius 3 is 2.13 bits per heavy atom. The molecule has 168 valence electrons. The van der Waals surface area contributed by atoms with Gasteiger partial charge in [-0.1, -0.05) is 44.0 Å². The third-order valence-corrected chi connectivity index (χ3v) is 6.82. The number of hydrogen-bond donors (Lipinski definition) is 0. The first-order valence-electron chi connectivity index (χ1n) is 10.2. The highest BCUT2D eigenvalue weighted by Crippen LogP contribution is 2.16. The first kappa shape index (κ1) is 24.7. The summed E-state index contributed by atoms with van der Waals surface area (Å²) in [5.41, 5.74) is 1.19. The topological polar surface area (TPSA) is 74.8 Å². The van der Waals surface area contributed by atoms with Gasteiger partial charge in [0.2, 0.25) is 15.9 Å². The second-order valence-corrected chi connectivity index (χ2v) is 9.54. The third-order valence-electron chi connectivity index (χ3n) is 5.00. The van der Waals surface area contributed by atoms with Crippen molar-refractivity contribution in [1.82, 2.24) is 9.21 Å². The van der Waals surface area contributed by atoms with Crippen LogP contribution in [0.25, 0.3) is 0 Å². The van der Waals surface area contributed by atoms with Crippen LogP contribution in [0.1, 0.15) is 49.0 Å². The Bertz CT molecular complexity index is 989. The summed E-state index contributed by atoms with van der Waals surface area (Å²) < 4.78 is 39.9. The maximum Gasteiger partial charge on any atom is 0.243 e. The summed E-state index contributed by atoms with van der Waals surface area (Å²) in [4.78, 5) is 26.0. The van der Waals surface area contributed by atoms with Crippen LogP contribution in [0, 0.1) is 5.82 Å². The lowest BCUT2D eigenvalue weighted by molar-refractivity contribution is -0.131. The van der Waals surface area contributed by atoms with Crippen molar-refractivity contribution >= 4 is 21.7 Å². The van der Waals surface area contributed by atoms with Gasteiger partial charge in [0.15, 0.2) is 5.78 Å². The quantitative estimate of drug-likeness (QED) is 0.386. The molecule has 8 heteroatoms. The lowest BCUT2D eigenvalue weighted by Gasteiger charge is -2.26. The molecule has 0 radical (unpaired) electrons. The molecule has 31 heavy (non-hydrogen) atoms. The summed E-state index contributed by atoms with van der Waals surface area (Å²) in [5.74, 6) is -0.836. The minimum Gasteiger partial charge on any atom is -0.337 e. The largest absolute Gasteiger partial charge is 0.337 e. The van der Waals surface area contributed by atoms with Gasteiger partial charge in [0.1, 0.15) is 5.82 Å². The Morgan fingerprint density at radius 1 is 0.968 bits per heavy atom. The van der Waals surface area contributed by atoms with Crippen molar-refractivity contribution in [2.24, 2.45) is 0 Å². The molecule has 0 heterocycles. The zero-order valence-electron chi connectivity index (χ0n) is 18.2. The fourth-order valence-electron chi connectivity index (χ4n) is 3.07. The van der Waals surface area contributed by atoms with Crippen molar-refractivity contribution < 1.29 is 22.4 Å². The molecular formula is C23H29FN2O4S. The molecule has 0 N–H and O–H groups in total. The molecule has 0 saturated heterocycles. The first-order chi connectivity index (χ1) is 14.6. The van der Waals surface area contributed by atoms with Gasteiger partial charge in [-0.15, -0.1) is 0 Å². The number of rotatable bonds is 11. The van der Waals surface area contributed by atoms with E-state index in [1.807, 2.05) is 0 Å². The van der Waals surface area contributed by atoms with E-state index in [0.29, 0.717) is 12.1 Å². The van der Waals surface area contributed by atoms with Crippen molar-refractivity contribution in [3.05, 3.63) is 65.5 Å². The van der Waals surface area contributed by atoms with Crippen LogP contribution in [-0.2, 0) is 21.4 Å². The van der Waals surface area contributed by atoms with Crippen molar-refractivity contribution in [3.8, 4) is 0 Å². The minimum absolute atomic E-state index is 0.0175. The summed E-state index contributed by atoms with van der Waals surface area (Å²) in [5, 5.41) is 0. The third kappa shape index (κ3) is 6.97. The number of sulfonamides is 1. The monoisotopic (exact) mass is 448 g/mol. The number of likely N-dealkylation sites (N-methyl/N-ethyl adjacent to an activating group) is 1. The summed E-state index contributed by atoms with van der Waals surface area (Å²) in [6.07, 6.45) is 2.74. The minimum atomic E-state index is -3.89.